The lowest BCUT2D eigenvalue weighted by atomic mass is 10.3. The van der Waals surface area contributed by atoms with Gasteiger partial charge >= 0.3 is 0 Å². The first-order valence-corrected chi connectivity index (χ1v) is 6.89. The van der Waals surface area contributed by atoms with Gasteiger partial charge in [-0.25, -0.2) is 0 Å². The molecule has 0 nitrogen and oxygen atoms in total. The summed E-state index contributed by atoms with van der Waals surface area (Å²) in [6.45, 7) is 4.92. The minimum Gasteiger partial charge on any atom is -1.00 e. The second-order valence-electron chi connectivity index (χ2n) is 3.44. The van der Waals surface area contributed by atoms with Crippen molar-refractivity contribution in [1.82, 2.24) is 0 Å². The van der Waals surface area contributed by atoms with Gasteiger partial charge in [0.2, 0.25) is 0 Å². The van der Waals surface area contributed by atoms with Gasteiger partial charge in [-0.15, -0.1) is 0 Å². The quantitative estimate of drug-likeness (QED) is 0.460. The fourth-order valence-electron chi connectivity index (χ4n) is 1.59. The van der Waals surface area contributed by atoms with Gasteiger partial charge in [0, 0.05) is 13.9 Å². The lowest BCUT2D eigenvalue weighted by Crippen LogP contribution is -3.00. The Hall–Kier alpha value is 1.16. The Morgan fingerprint density at radius 1 is 1.10 bits per heavy atom. The molecule has 0 spiro atoms. The van der Waals surface area contributed by atoms with E-state index < -0.39 is 0 Å². The van der Waals surface area contributed by atoms with Crippen LogP contribution in [0.15, 0.2) is 0 Å². The third-order valence-electron chi connectivity index (χ3n) is 2.66. The van der Waals surface area contributed by atoms with Crippen LogP contribution >= 0.6 is 7.26 Å². The number of halogens is 1. The van der Waals surface area contributed by atoms with Crippen molar-refractivity contribution in [2.75, 3.05) is 25.2 Å². The molecule has 0 aromatic carbocycles. The SMILES string of the molecule is CC[P+]1(C)CCCCC1.[I-]. The van der Waals surface area contributed by atoms with Crippen molar-refractivity contribution in [3.63, 3.8) is 0 Å². The molecule has 0 atom stereocenters. The Kier molecular flexibility index (Phi) is 5.49. The number of hydrogen-bond donors (Lipinski definition) is 0. The van der Waals surface area contributed by atoms with E-state index in [4.69, 9.17) is 0 Å². The minimum absolute atomic E-state index is 0. The van der Waals surface area contributed by atoms with Crippen molar-refractivity contribution in [3.05, 3.63) is 0 Å². The van der Waals surface area contributed by atoms with E-state index in [-0.39, 0.29) is 31.2 Å². The summed E-state index contributed by atoms with van der Waals surface area (Å²) in [6, 6.07) is 0. The summed E-state index contributed by atoms with van der Waals surface area (Å²) >= 11 is 0. The van der Waals surface area contributed by atoms with E-state index in [1.807, 2.05) is 0 Å². The van der Waals surface area contributed by atoms with Gasteiger partial charge in [0.1, 0.15) is 0 Å². The maximum Gasteiger partial charge on any atom is 0.0591 e. The number of rotatable bonds is 1. The molecule has 1 rings (SSSR count). The first-order valence-electron chi connectivity index (χ1n) is 4.10. The van der Waals surface area contributed by atoms with Gasteiger partial charge in [-0.3, -0.25) is 0 Å². The first-order chi connectivity index (χ1) is 4.27. The molecule has 1 fully saturated rings. The first kappa shape index (κ1) is 11.2. The zero-order valence-electron chi connectivity index (χ0n) is 7.07. The van der Waals surface area contributed by atoms with E-state index in [0.29, 0.717) is 0 Å². The molecule has 1 saturated heterocycles. The summed E-state index contributed by atoms with van der Waals surface area (Å²) in [5.41, 5.74) is 0. The highest BCUT2D eigenvalue weighted by molar-refractivity contribution is 7.75. The zero-order valence-corrected chi connectivity index (χ0v) is 10.1. The molecule has 0 unspecified atom stereocenters. The summed E-state index contributed by atoms with van der Waals surface area (Å²) in [5, 5.41) is 0. The maximum atomic E-state index is 2.55. The molecule has 0 N–H and O–H groups in total. The Morgan fingerprint density at radius 3 is 1.90 bits per heavy atom. The van der Waals surface area contributed by atoms with Crippen LogP contribution in [-0.4, -0.2) is 25.2 Å². The predicted molar refractivity (Wildman–Crippen MR) is 47.0 cm³/mol. The summed E-state index contributed by atoms with van der Waals surface area (Å²) in [6.07, 6.45) is 9.23. The molecule has 10 heavy (non-hydrogen) atoms. The molecule has 0 bridgehead atoms. The van der Waals surface area contributed by atoms with Crippen LogP contribution in [-0.2, 0) is 0 Å². The molecular formula is C8H18IP. The van der Waals surface area contributed by atoms with Crippen molar-refractivity contribution in [3.8, 4) is 0 Å². The Morgan fingerprint density at radius 2 is 1.60 bits per heavy atom. The molecule has 0 saturated carbocycles. The molecule has 1 heterocycles. The summed E-state index contributed by atoms with van der Waals surface area (Å²) in [4.78, 5) is 0. The zero-order chi connectivity index (χ0) is 6.74. The lowest BCUT2D eigenvalue weighted by Gasteiger charge is -2.25. The van der Waals surface area contributed by atoms with E-state index in [0.717, 1.165) is 0 Å². The van der Waals surface area contributed by atoms with E-state index in [2.05, 4.69) is 13.6 Å². The van der Waals surface area contributed by atoms with Crippen molar-refractivity contribution in [1.29, 1.82) is 0 Å². The highest BCUT2D eigenvalue weighted by Crippen LogP contribution is 2.58. The average Bonchev–Trinajstić information content (AvgIpc) is 1.90. The van der Waals surface area contributed by atoms with Crippen molar-refractivity contribution >= 4 is 7.26 Å². The molecule has 1 aliphatic heterocycles. The topological polar surface area (TPSA) is 0 Å². The van der Waals surface area contributed by atoms with Gasteiger partial charge in [0.05, 0.1) is 18.5 Å². The van der Waals surface area contributed by atoms with Crippen molar-refractivity contribution < 1.29 is 24.0 Å². The maximum absolute atomic E-state index is 2.55. The van der Waals surface area contributed by atoms with E-state index >= 15 is 0 Å². The molecule has 0 aromatic rings. The molecule has 0 radical (unpaired) electrons. The molecule has 2 heteroatoms. The van der Waals surface area contributed by atoms with E-state index in [1.165, 1.54) is 25.4 Å². The Labute approximate surface area is 82.5 Å². The van der Waals surface area contributed by atoms with E-state index in [1.54, 1.807) is 12.3 Å². The predicted octanol–water partition coefficient (Wildman–Crippen LogP) is -0.158. The molecule has 0 aliphatic carbocycles. The van der Waals surface area contributed by atoms with Gasteiger partial charge in [-0.1, -0.05) is 0 Å². The third-order valence-corrected chi connectivity index (χ3v) is 6.98. The Balaban J connectivity index is 0.000000810. The van der Waals surface area contributed by atoms with Crippen LogP contribution in [0.5, 0.6) is 0 Å². The van der Waals surface area contributed by atoms with Crippen LogP contribution in [0.2, 0.25) is 0 Å². The van der Waals surface area contributed by atoms with Crippen LogP contribution < -0.4 is 24.0 Å². The summed E-state index contributed by atoms with van der Waals surface area (Å²) in [5.74, 6) is 0. The standard InChI is InChI=1S/C8H18P.HI/c1-3-9(2)7-5-4-6-8-9;/h3-8H2,1-2H3;1H/q+1;/p-1. The van der Waals surface area contributed by atoms with Crippen LogP contribution in [0.4, 0.5) is 0 Å². The second kappa shape index (κ2) is 4.92. The van der Waals surface area contributed by atoms with Crippen molar-refractivity contribution in [2.24, 2.45) is 0 Å². The van der Waals surface area contributed by atoms with Gasteiger partial charge in [-0.05, 0) is 26.2 Å². The third kappa shape index (κ3) is 3.04. The van der Waals surface area contributed by atoms with Gasteiger partial charge in [0.15, 0.2) is 0 Å². The molecule has 0 amide bonds. The molecule has 62 valence electrons. The number of hydrogen-bond acceptors (Lipinski definition) is 0. The van der Waals surface area contributed by atoms with Crippen LogP contribution in [0.1, 0.15) is 26.2 Å². The lowest BCUT2D eigenvalue weighted by molar-refractivity contribution is -0.00000213. The largest absolute Gasteiger partial charge is 1.00 e. The van der Waals surface area contributed by atoms with Crippen molar-refractivity contribution in [2.45, 2.75) is 26.2 Å². The highest BCUT2D eigenvalue weighted by atomic mass is 127. The van der Waals surface area contributed by atoms with Gasteiger partial charge in [0.25, 0.3) is 0 Å². The van der Waals surface area contributed by atoms with Gasteiger partial charge < -0.3 is 24.0 Å². The monoisotopic (exact) mass is 272 g/mol. The smallest absolute Gasteiger partial charge is 0.0591 e. The normalized spacial score (nSPS) is 23.4. The van der Waals surface area contributed by atoms with Gasteiger partial charge in [-0.2, -0.15) is 0 Å². The fraction of sp³-hybridized carbons (Fsp3) is 1.00. The summed E-state index contributed by atoms with van der Waals surface area (Å²) in [7, 11) is -0.344. The Bertz CT molecular complexity index is 87.3. The van der Waals surface area contributed by atoms with Crippen LogP contribution in [0.25, 0.3) is 0 Å². The highest BCUT2D eigenvalue weighted by Gasteiger charge is 2.30. The fourth-order valence-corrected chi connectivity index (χ4v) is 4.42. The van der Waals surface area contributed by atoms with E-state index in [9.17, 15) is 0 Å². The molecule has 1 aliphatic rings. The average molecular weight is 272 g/mol. The molecular weight excluding hydrogens is 254 g/mol. The van der Waals surface area contributed by atoms with Crippen LogP contribution in [0, 0.1) is 0 Å². The minimum atomic E-state index is -0.344. The van der Waals surface area contributed by atoms with Crippen LogP contribution in [0.3, 0.4) is 0 Å². The molecule has 0 aromatic heterocycles. The second-order valence-corrected chi connectivity index (χ2v) is 8.21. The summed E-state index contributed by atoms with van der Waals surface area (Å²) < 4.78 is 0.